The summed E-state index contributed by atoms with van der Waals surface area (Å²) < 4.78 is 11.7. The molecule has 0 saturated carbocycles. The summed E-state index contributed by atoms with van der Waals surface area (Å²) in [4.78, 5) is 15.4. The van der Waals surface area contributed by atoms with Crippen LogP contribution in [0.2, 0.25) is 0 Å². The Morgan fingerprint density at radius 2 is 1.83 bits per heavy atom. The molecule has 0 fully saturated rings. The molecule has 0 aliphatic carbocycles. The van der Waals surface area contributed by atoms with Crippen LogP contribution in [0.1, 0.15) is 54.8 Å². The molecule has 1 unspecified atom stereocenters. The van der Waals surface area contributed by atoms with Crippen LogP contribution in [-0.2, 0) is 12.2 Å². The molecule has 4 rings (SSSR count). The van der Waals surface area contributed by atoms with Crippen molar-refractivity contribution in [2.75, 3.05) is 11.9 Å². The third kappa shape index (κ3) is 3.80. The van der Waals surface area contributed by atoms with Gasteiger partial charge >= 0.3 is 0 Å². The van der Waals surface area contributed by atoms with E-state index in [0.29, 0.717) is 18.7 Å². The van der Waals surface area contributed by atoms with Gasteiger partial charge in [0.05, 0.1) is 25.0 Å². The summed E-state index contributed by atoms with van der Waals surface area (Å²) in [7, 11) is 0. The largest absolute Gasteiger partial charge is 0.493 e. The zero-order valence-corrected chi connectivity index (χ0v) is 17.6. The van der Waals surface area contributed by atoms with Crippen LogP contribution in [0.25, 0.3) is 0 Å². The second-order valence-corrected chi connectivity index (χ2v) is 7.77. The molecule has 0 radical (unpaired) electrons. The SMILES string of the molecule is CCCCCOc1ccccc1C1(C)Nc2ccccc2C(=O)N1Cc1ccco1. The van der Waals surface area contributed by atoms with E-state index in [-0.39, 0.29) is 5.91 Å². The number of ether oxygens (including phenoxy) is 1. The molecule has 30 heavy (non-hydrogen) atoms. The number of amides is 1. The van der Waals surface area contributed by atoms with Gasteiger partial charge in [0.15, 0.2) is 0 Å². The van der Waals surface area contributed by atoms with E-state index in [2.05, 4.69) is 12.2 Å². The smallest absolute Gasteiger partial charge is 0.258 e. The third-order valence-electron chi connectivity index (χ3n) is 5.63. The van der Waals surface area contributed by atoms with Crippen LogP contribution < -0.4 is 10.1 Å². The van der Waals surface area contributed by atoms with Crippen molar-refractivity contribution >= 4 is 11.6 Å². The molecule has 5 heteroatoms. The summed E-state index contributed by atoms with van der Waals surface area (Å²) in [5.41, 5.74) is 1.61. The lowest BCUT2D eigenvalue weighted by Gasteiger charge is -2.46. The molecule has 0 bridgehead atoms. The maximum atomic E-state index is 13.5. The summed E-state index contributed by atoms with van der Waals surface area (Å²) in [6.45, 7) is 5.21. The number of nitrogens with zero attached hydrogens (tertiary/aromatic N) is 1. The first-order chi connectivity index (χ1) is 14.6. The van der Waals surface area contributed by atoms with Crippen LogP contribution in [0.5, 0.6) is 5.75 Å². The van der Waals surface area contributed by atoms with Crippen LogP contribution in [0.3, 0.4) is 0 Å². The zero-order chi connectivity index (χ0) is 21.0. The minimum atomic E-state index is -0.792. The average Bonchev–Trinajstić information content (AvgIpc) is 3.28. The number of anilines is 1. The lowest BCUT2D eigenvalue weighted by molar-refractivity contribution is 0.0480. The monoisotopic (exact) mass is 404 g/mol. The molecule has 1 N–H and O–H groups in total. The fourth-order valence-corrected chi connectivity index (χ4v) is 3.99. The van der Waals surface area contributed by atoms with Crippen molar-refractivity contribution in [2.45, 2.75) is 45.3 Å². The Balaban J connectivity index is 1.74. The molecule has 1 aliphatic heterocycles. The van der Waals surface area contributed by atoms with Crippen molar-refractivity contribution in [1.82, 2.24) is 4.90 Å². The highest BCUT2D eigenvalue weighted by Gasteiger charge is 2.44. The highest BCUT2D eigenvalue weighted by molar-refractivity contribution is 6.02. The molecular formula is C25H28N2O3. The van der Waals surface area contributed by atoms with Gasteiger partial charge in [0.1, 0.15) is 17.2 Å². The highest BCUT2D eigenvalue weighted by Crippen LogP contribution is 2.42. The number of unbranched alkanes of at least 4 members (excludes halogenated alkanes) is 2. The Labute approximate surface area is 177 Å². The van der Waals surface area contributed by atoms with Crippen molar-refractivity contribution in [3.63, 3.8) is 0 Å². The molecule has 0 spiro atoms. The number of carbonyl (C=O) groups is 1. The molecular weight excluding hydrogens is 376 g/mol. The van der Waals surface area contributed by atoms with Crippen LogP contribution in [0.15, 0.2) is 71.3 Å². The fourth-order valence-electron chi connectivity index (χ4n) is 3.99. The first-order valence-corrected chi connectivity index (χ1v) is 10.6. The van der Waals surface area contributed by atoms with Crippen molar-refractivity contribution in [2.24, 2.45) is 0 Å². The van der Waals surface area contributed by atoms with Gasteiger partial charge in [0.2, 0.25) is 0 Å². The summed E-state index contributed by atoms with van der Waals surface area (Å²) in [6.07, 6.45) is 4.92. The maximum absolute atomic E-state index is 13.5. The Bertz CT molecular complexity index is 999. The van der Waals surface area contributed by atoms with Gasteiger partial charge in [-0.25, -0.2) is 0 Å². The van der Waals surface area contributed by atoms with E-state index in [1.165, 1.54) is 0 Å². The first-order valence-electron chi connectivity index (χ1n) is 10.6. The number of furan rings is 1. The Hall–Kier alpha value is -3.21. The van der Waals surface area contributed by atoms with E-state index in [1.54, 1.807) is 6.26 Å². The second kappa shape index (κ2) is 8.66. The number of fused-ring (bicyclic) bond motifs is 1. The van der Waals surface area contributed by atoms with Crippen molar-refractivity contribution in [3.8, 4) is 5.75 Å². The summed E-state index contributed by atoms with van der Waals surface area (Å²) in [5, 5.41) is 3.61. The minimum absolute atomic E-state index is 0.0379. The molecule has 1 atom stereocenters. The molecule has 156 valence electrons. The normalized spacial score (nSPS) is 18.1. The van der Waals surface area contributed by atoms with Crippen LogP contribution in [-0.4, -0.2) is 17.4 Å². The lowest BCUT2D eigenvalue weighted by Crippen LogP contribution is -2.55. The summed E-state index contributed by atoms with van der Waals surface area (Å²) in [6, 6.07) is 19.3. The Morgan fingerprint density at radius 3 is 2.63 bits per heavy atom. The van der Waals surface area contributed by atoms with E-state index in [4.69, 9.17) is 9.15 Å². The fraction of sp³-hybridized carbons (Fsp3) is 0.320. The van der Waals surface area contributed by atoms with Gasteiger partial charge in [-0.3, -0.25) is 4.79 Å². The van der Waals surface area contributed by atoms with E-state index in [0.717, 1.165) is 42.0 Å². The Morgan fingerprint density at radius 1 is 1.03 bits per heavy atom. The third-order valence-corrected chi connectivity index (χ3v) is 5.63. The van der Waals surface area contributed by atoms with Gasteiger partial charge in [0.25, 0.3) is 5.91 Å². The second-order valence-electron chi connectivity index (χ2n) is 7.77. The standard InChI is InChI=1S/C25H28N2O3/c1-3-4-9-16-30-23-15-8-6-13-21(23)25(2)26-22-14-7-5-12-20(22)24(28)27(25)18-19-11-10-17-29-19/h5-8,10-15,17,26H,3-4,9,16,18H2,1-2H3. The van der Waals surface area contributed by atoms with E-state index in [9.17, 15) is 4.79 Å². The van der Waals surface area contributed by atoms with Gasteiger partial charge in [0, 0.05) is 11.3 Å². The van der Waals surface area contributed by atoms with Crippen LogP contribution in [0.4, 0.5) is 5.69 Å². The number of benzene rings is 2. The summed E-state index contributed by atoms with van der Waals surface area (Å²) >= 11 is 0. The number of hydrogen-bond donors (Lipinski definition) is 1. The number of para-hydroxylation sites is 2. The summed E-state index contributed by atoms with van der Waals surface area (Å²) in [5.74, 6) is 1.49. The van der Waals surface area contributed by atoms with E-state index >= 15 is 0 Å². The Kier molecular flexibility index (Phi) is 5.79. The van der Waals surface area contributed by atoms with E-state index in [1.807, 2.05) is 72.5 Å². The van der Waals surface area contributed by atoms with Crippen molar-refractivity contribution in [1.29, 1.82) is 0 Å². The molecule has 2 aromatic carbocycles. The molecule has 5 nitrogen and oxygen atoms in total. The number of nitrogens with one attached hydrogen (secondary N) is 1. The molecule has 3 aromatic rings. The van der Waals surface area contributed by atoms with Gasteiger partial charge in [-0.15, -0.1) is 0 Å². The van der Waals surface area contributed by atoms with Gasteiger partial charge < -0.3 is 19.4 Å². The van der Waals surface area contributed by atoms with E-state index < -0.39 is 5.66 Å². The average molecular weight is 405 g/mol. The first kappa shape index (κ1) is 20.1. The van der Waals surface area contributed by atoms with Gasteiger partial charge in [-0.2, -0.15) is 0 Å². The lowest BCUT2D eigenvalue weighted by atomic mass is 9.92. The predicted molar refractivity (Wildman–Crippen MR) is 117 cm³/mol. The van der Waals surface area contributed by atoms with Crippen LogP contribution >= 0.6 is 0 Å². The quantitative estimate of drug-likeness (QED) is 0.483. The molecule has 0 saturated heterocycles. The van der Waals surface area contributed by atoms with Gasteiger partial charge in [-0.1, -0.05) is 50.1 Å². The topological polar surface area (TPSA) is 54.7 Å². The molecule has 1 amide bonds. The zero-order valence-electron chi connectivity index (χ0n) is 17.6. The van der Waals surface area contributed by atoms with Crippen molar-refractivity contribution < 1.29 is 13.9 Å². The minimum Gasteiger partial charge on any atom is -0.493 e. The van der Waals surface area contributed by atoms with Crippen molar-refractivity contribution in [3.05, 3.63) is 83.8 Å². The molecule has 1 aromatic heterocycles. The molecule has 1 aliphatic rings. The molecule has 2 heterocycles. The number of carbonyl (C=O) groups excluding carboxylic acids is 1. The predicted octanol–water partition coefficient (Wildman–Crippen LogP) is 5.79. The highest BCUT2D eigenvalue weighted by atomic mass is 16.5. The number of hydrogen-bond acceptors (Lipinski definition) is 4. The number of rotatable bonds is 8. The van der Waals surface area contributed by atoms with Gasteiger partial charge in [-0.05, 0) is 43.7 Å². The maximum Gasteiger partial charge on any atom is 0.258 e. The van der Waals surface area contributed by atoms with Crippen LogP contribution in [0, 0.1) is 0 Å².